The van der Waals surface area contributed by atoms with Gasteiger partial charge in [-0.25, -0.2) is 4.98 Å². The fourth-order valence-electron chi connectivity index (χ4n) is 1.55. The van der Waals surface area contributed by atoms with E-state index < -0.39 is 11.9 Å². The topological polar surface area (TPSA) is 49.8 Å². The largest absolute Gasteiger partial charge is 0.433 e. The lowest BCUT2D eigenvalue weighted by molar-refractivity contribution is -0.141. The van der Waals surface area contributed by atoms with E-state index in [9.17, 15) is 13.2 Å². The molecule has 2 aromatic rings. The molecule has 0 amide bonds. The number of alkyl halides is 3. The Kier molecular flexibility index (Phi) is 4.12. The van der Waals surface area contributed by atoms with E-state index in [-0.39, 0.29) is 11.8 Å². The minimum absolute atomic E-state index is 0.0651. The summed E-state index contributed by atoms with van der Waals surface area (Å²) in [7, 11) is 1.47. The Labute approximate surface area is 118 Å². The maximum Gasteiger partial charge on any atom is 0.433 e. The second-order valence-electron chi connectivity index (χ2n) is 4.08. The third kappa shape index (κ3) is 3.60. The zero-order valence-electron chi connectivity index (χ0n) is 10.9. The molecule has 2 heterocycles. The Bertz CT molecular complexity index is 595. The van der Waals surface area contributed by atoms with Gasteiger partial charge < -0.3 is 10.6 Å². The summed E-state index contributed by atoms with van der Waals surface area (Å²) in [4.78, 5) is 9.53. The standard InChI is InChI=1S/C12H13F3N4S/c1-7-3-4-8(20-7)6-17-10-5-9(12(13,14)15)18-11(16-2)19-10/h3-5H,6H2,1-2H3,(H2,16,17,18,19). The number of halogens is 3. The van der Waals surface area contributed by atoms with Crippen molar-refractivity contribution >= 4 is 23.1 Å². The second-order valence-corrected chi connectivity index (χ2v) is 5.45. The number of nitrogens with zero attached hydrogens (tertiary/aromatic N) is 2. The predicted molar refractivity (Wildman–Crippen MR) is 73.0 cm³/mol. The first-order chi connectivity index (χ1) is 9.38. The van der Waals surface area contributed by atoms with Crippen LogP contribution in [-0.2, 0) is 12.7 Å². The van der Waals surface area contributed by atoms with Crippen LogP contribution in [-0.4, -0.2) is 17.0 Å². The molecule has 0 aliphatic carbocycles. The van der Waals surface area contributed by atoms with Crippen LogP contribution in [0.15, 0.2) is 18.2 Å². The lowest BCUT2D eigenvalue weighted by Crippen LogP contribution is -2.12. The maximum atomic E-state index is 12.7. The van der Waals surface area contributed by atoms with Crippen LogP contribution in [0, 0.1) is 6.92 Å². The molecule has 0 spiro atoms. The minimum Gasteiger partial charge on any atom is -0.365 e. The number of aryl methyl sites for hydroxylation is 1. The highest BCUT2D eigenvalue weighted by molar-refractivity contribution is 7.11. The molecule has 8 heteroatoms. The molecule has 2 aromatic heterocycles. The van der Waals surface area contributed by atoms with E-state index >= 15 is 0 Å². The zero-order valence-corrected chi connectivity index (χ0v) is 11.7. The van der Waals surface area contributed by atoms with Crippen molar-refractivity contribution in [3.8, 4) is 0 Å². The van der Waals surface area contributed by atoms with E-state index in [1.807, 2.05) is 19.1 Å². The van der Waals surface area contributed by atoms with Gasteiger partial charge in [0.1, 0.15) is 5.82 Å². The molecule has 0 saturated heterocycles. The number of rotatable bonds is 4. The third-order valence-electron chi connectivity index (χ3n) is 2.48. The van der Waals surface area contributed by atoms with E-state index in [4.69, 9.17) is 0 Å². The summed E-state index contributed by atoms with van der Waals surface area (Å²) in [5.41, 5.74) is -0.971. The Hall–Kier alpha value is -1.83. The van der Waals surface area contributed by atoms with Crippen LogP contribution in [0.4, 0.5) is 24.9 Å². The van der Waals surface area contributed by atoms with Gasteiger partial charge in [0.25, 0.3) is 0 Å². The molecule has 108 valence electrons. The van der Waals surface area contributed by atoms with Gasteiger partial charge >= 0.3 is 6.18 Å². The molecule has 2 N–H and O–H groups in total. The highest BCUT2D eigenvalue weighted by Gasteiger charge is 2.33. The summed E-state index contributed by atoms with van der Waals surface area (Å²) in [6.45, 7) is 2.40. The number of anilines is 2. The van der Waals surface area contributed by atoms with Gasteiger partial charge in [0.15, 0.2) is 5.69 Å². The average Bonchev–Trinajstić information content (AvgIpc) is 2.81. The zero-order chi connectivity index (χ0) is 14.8. The number of aromatic nitrogens is 2. The first kappa shape index (κ1) is 14.6. The Morgan fingerprint density at radius 3 is 2.55 bits per heavy atom. The SMILES string of the molecule is CNc1nc(NCc2ccc(C)s2)cc(C(F)(F)F)n1. The van der Waals surface area contributed by atoms with Gasteiger partial charge in [-0.3, -0.25) is 0 Å². The van der Waals surface area contributed by atoms with Crippen LogP contribution in [0.1, 0.15) is 15.4 Å². The number of hydrogen-bond acceptors (Lipinski definition) is 5. The van der Waals surface area contributed by atoms with E-state index in [2.05, 4.69) is 20.6 Å². The molecular formula is C12H13F3N4S. The van der Waals surface area contributed by atoms with Gasteiger partial charge in [0, 0.05) is 22.9 Å². The Morgan fingerprint density at radius 1 is 1.25 bits per heavy atom. The summed E-state index contributed by atoms with van der Waals surface area (Å²) in [5.74, 6) is 0.0763. The van der Waals surface area contributed by atoms with Gasteiger partial charge in [-0.1, -0.05) is 0 Å². The normalized spacial score (nSPS) is 11.4. The van der Waals surface area contributed by atoms with Crippen molar-refractivity contribution in [3.05, 3.63) is 33.6 Å². The highest BCUT2D eigenvalue weighted by atomic mass is 32.1. The quantitative estimate of drug-likeness (QED) is 0.907. The number of nitrogens with one attached hydrogen (secondary N) is 2. The van der Waals surface area contributed by atoms with Crippen LogP contribution in [0.2, 0.25) is 0 Å². The molecule has 0 radical (unpaired) electrons. The maximum absolute atomic E-state index is 12.7. The summed E-state index contributed by atoms with van der Waals surface area (Å²) < 4.78 is 38.1. The Morgan fingerprint density at radius 2 is 2.00 bits per heavy atom. The van der Waals surface area contributed by atoms with E-state index in [1.54, 1.807) is 11.3 Å². The summed E-state index contributed by atoms with van der Waals surface area (Å²) in [6, 6.07) is 4.79. The summed E-state index contributed by atoms with van der Waals surface area (Å²) in [5, 5.41) is 5.40. The van der Waals surface area contributed by atoms with Crippen molar-refractivity contribution in [1.29, 1.82) is 0 Å². The van der Waals surface area contributed by atoms with Crippen molar-refractivity contribution in [3.63, 3.8) is 0 Å². The van der Waals surface area contributed by atoms with Gasteiger partial charge in [0.2, 0.25) is 5.95 Å². The summed E-state index contributed by atoms with van der Waals surface area (Å²) in [6.07, 6.45) is -4.50. The molecule has 4 nitrogen and oxygen atoms in total. The smallest absolute Gasteiger partial charge is 0.365 e. The molecule has 0 atom stereocenters. The molecule has 0 unspecified atom stereocenters. The van der Waals surface area contributed by atoms with Gasteiger partial charge in [0.05, 0.1) is 6.54 Å². The molecule has 0 saturated carbocycles. The van der Waals surface area contributed by atoms with Gasteiger partial charge in [-0.2, -0.15) is 18.2 Å². The monoisotopic (exact) mass is 302 g/mol. The van der Waals surface area contributed by atoms with Crippen LogP contribution in [0.25, 0.3) is 0 Å². The average molecular weight is 302 g/mol. The first-order valence-electron chi connectivity index (χ1n) is 5.81. The van der Waals surface area contributed by atoms with E-state index in [0.29, 0.717) is 6.54 Å². The third-order valence-corrected chi connectivity index (χ3v) is 3.48. The van der Waals surface area contributed by atoms with Crippen LogP contribution in [0.5, 0.6) is 0 Å². The lowest BCUT2D eigenvalue weighted by Gasteiger charge is -2.11. The number of thiophene rings is 1. The van der Waals surface area contributed by atoms with Crippen LogP contribution < -0.4 is 10.6 Å². The predicted octanol–water partition coefficient (Wildman–Crippen LogP) is 3.52. The van der Waals surface area contributed by atoms with Crippen molar-refractivity contribution in [2.24, 2.45) is 0 Å². The first-order valence-corrected chi connectivity index (χ1v) is 6.63. The van der Waals surface area contributed by atoms with E-state index in [0.717, 1.165) is 15.8 Å². The molecule has 20 heavy (non-hydrogen) atoms. The highest BCUT2D eigenvalue weighted by Crippen LogP contribution is 2.29. The van der Waals surface area contributed by atoms with Crippen molar-refractivity contribution < 1.29 is 13.2 Å². The molecule has 0 aliphatic rings. The fourth-order valence-corrected chi connectivity index (χ4v) is 2.38. The minimum atomic E-state index is -4.50. The van der Waals surface area contributed by atoms with E-state index in [1.165, 1.54) is 7.05 Å². The Balaban J connectivity index is 2.18. The molecular weight excluding hydrogens is 289 g/mol. The molecule has 0 aliphatic heterocycles. The molecule has 0 aromatic carbocycles. The van der Waals surface area contributed by atoms with Crippen LogP contribution in [0.3, 0.4) is 0 Å². The van der Waals surface area contributed by atoms with Crippen molar-refractivity contribution in [2.45, 2.75) is 19.6 Å². The lowest BCUT2D eigenvalue weighted by atomic mass is 10.3. The van der Waals surface area contributed by atoms with Crippen molar-refractivity contribution in [1.82, 2.24) is 9.97 Å². The van der Waals surface area contributed by atoms with Gasteiger partial charge in [-0.05, 0) is 19.1 Å². The van der Waals surface area contributed by atoms with Gasteiger partial charge in [-0.15, -0.1) is 11.3 Å². The van der Waals surface area contributed by atoms with Crippen molar-refractivity contribution in [2.75, 3.05) is 17.7 Å². The van der Waals surface area contributed by atoms with Crippen LogP contribution >= 0.6 is 11.3 Å². The molecule has 0 bridgehead atoms. The number of hydrogen-bond donors (Lipinski definition) is 2. The molecule has 2 rings (SSSR count). The summed E-state index contributed by atoms with van der Waals surface area (Å²) >= 11 is 1.58. The fraction of sp³-hybridized carbons (Fsp3) is 0.333. The molecule has 0 fully saturated rings. The second kappa shape index (κ2) is 5.66.